The first-order chi connectivity index (χ1) is 12.0. The van der Waals surface area contributed by atoms with Gasteiger partial charge in [0.1, 0.15) is 6.54 Å². The van der Waals surface area contributed by atoms with Crippen molar-refractivity contribution in [3.8, 4) is 0 Å². The summed E-state index contributed by atoms with van der Waals surface area (Å²) < 4.78 is 6.33. The molecule has 1 aliphatic rings. The van der Waals surface area contributed by atoms with Gasteiger partial charge in [0.05, 0.1) is 6.54 Å². The zero-order valence-corrected chi connectivity index (χ0v) is 14.1. The van der Waals surface area contributed by atoms with Crippen molar-refractivity contribution in [3.05, 3.63) is 44.3 Å². The van der Waals surface area contributed by atoms with Gasteiger partial charge in [-0.1, -0.05) is 24.4 Å². The summed E-state index contributed by atoms with van der Waals surface area (Å²) >= 11 is 0. The first kappa shape index (κ1) is 17.1. The molecule has 0 saturated heterocycles. The van der Waals surface area contributed by atoms with Crippen LogP contribution in [0, 0.1) is 6.92 Å². The van der Waals surface area contributed by atoms with Crippen molar-refractivity contribution in [1.82, 2.24) is 25.0 Å². The Balaban J connectivity index is 1.56. The molecule has 0 bridgehead atoms. The third-order valence-corrected chi connectivity index (χ3v) is 4.39. The van der Waals surface area contributed by atoms with Gasteiger partial charge in [0.25, 0.3) is 5.56 Å². The van der Waals surface area contributed by atoms with Crippen molar-refractivity contribution in [2.24, 2.45) is 0 Å². The van der Waals surface area contributed by atoms with Gasteiger partial charge in [-0.3, -0.25) is 19.1 Å². The molecule has 9 nitrogen and oxygen atoms in total. The molecule has 0 radical (unpaired) electrons. The number of rotatable bonds is 5. The third-order valence-electron chi connectivity index (χ3n) is 4.39. The van der Waals surface area contributed by atoms with Gasteiger partial charge in [0.15, 0.2) is 5.82 Å². The number of amides is 1. The molecule has 1 aliphatic carbocycles. The van der Waals surface area contributed by atoms with Crippen molar-refractivity contribution in [1.29, 1.82) is 0 Å². The fraction of sp³-hybridized carbons (Fsp3) is 0.562. The van der Waals surface area contributed by atoms with Crippen LogP contribution in [-0.4, -0.2) is 25.6 Å². The normalized spacial score (nSPS) is 15.2. The number of hydrogen-bond acceptors (Lipinski definition) is 6. The van der Waals surface area contributed by atoms with Gasteiger partial charge in [0, 0.05) is 17.7 Å². The predicted octanol–water partition coefficient (Wildman–Crippen LogP) is 0.592. The number of aryl methyl sites for hydroxylation is 1. The molecule has 0 unspecified atom stereocenters. The van der Waals surface area contributed by atoms with E-state index < -0.39 is 11.2 Å². The lowest BCUT2D eigenvalue weighted by Crippen LogP contribution is -2.36. The summed E-state index contributed by atoms with van der Waals surface area (Å²) in [6, 6.07) is 0. The van der Waals surface area contributed by atoms with Crippen LogP contribution in [0.2, 0.25) is 0 Å². The number of aromatic amines is 1. The topological polar surface area (TPSA) is 123 Å². The maximum Gasteiger partial charge on any atom is 0.328 e. The van der Waals surface area contributed by atoms with Crippen LogP contribution in [0.15, 0.2) is 20.3 Å². The minimum atomic E-state index is -0.622. The lowest BCUT2D eigenvalue weighted by molar-refractivity contribution is -0.122. The Morgan fingerprint density at radius 3 is 2.88 bits per heavy atom. The standard InChI is InChI=1S/C16H21N5O4/c1-10-8-21(16(24)19-15(10)23)9-12(22)17-7-13-18-14(20-25-13)11-5-3-2-4-6-11/h8,11H,2-7,9H2,1H3,(H,17,22)(H,19,23,24). The number of carbonyl (C=O) groups excluding carboxylic acids is 1. The Labute approximate surface area is 143 Å². The first-order valence-corrected chi connectivity index (χ1v) is 8.42. The Kier molecular flexibility index (Phi) is 5.11. The number of nitrogens with one attached hydrogen (secondary N) is 2. The molecule has 0 spiro atoms. The number of aromatic nitrogens is 4. The molecule has 0 atom stereocenters. The highest BCUT2D eigenvalue weighted by Crippen LogP contribution is 2.30. The summed E-state index contributed by atoms with van der Waals surface area (Å²) in [5.74, 6) is 1.01. The molecule has 2 heterocycles. The monoisotopic (exact) mass is 347 g/mol. The zero-order chi connectivity index (χ0) is 17.8. The van der Waals surface area contributed by atoms with Crippen LogP contribution in [0.25, 0.3) is 0 Å². The Bertz CT molecular complexity index is 860. The van der Waals surface area contributed by atoms with Crippen molar-refractivity contribution < 1.29 is 9.32 Å². The average molecular weight is 347 g/mol. The molecule has 0 aliphatic heterocycles. The molecule has 2 aromatic rings. The highest BCUT2D eigenvalue weighted by molar-refractivity contribution is 5.75. The van der Waals surface area contributed by atoms with Crippen LogP contribution < -0.4 is 16.6 Å². The molecule has 2 N–H and O–H groups in total. The summed E-state index contributed by atoms with van der Waals surface area (Å²) in [6.07, 6.45) is 7.10. The van der Waals surface area contributed by atoms with E-state index in [0.717, 1.165) is 17.4 Å². The van der Waals surface area contributed by atoms with Crippen LogP contribution in [0.4, 0.5) is 0 Å². The fourth-order valence-electron chi connectivity index (χ4n) is 2.99. The molecule has 0 aromatic carbocycles. The lowest BCUT2D eigenvalue weighted by Gasteiger charge is -2.17. The van der Waals surface area contributed by atoms with E-state index in [4.69, 9.17) is 4.52 Å². The second-order valence-electron chi connectivity index (χ2n) is 6.36. The zero-order valence-electron chi connectivity index (χ0n) is 14.1. The minimum Gasteiger partial charge on any atom is -0.345 e. The maximum absolute atomic E-state index is 12.0. The molecule has 1 saturated carbocycles. The van der Waals surface area contributed by atoms with Crippen LogP contribution in [0.1, 0.15) is 55.3 Å². The van der Waals surface area contributed by atoms with Crippen LogP contribution in [-0.2, 0) is 17.9 Å². The molecule has 1 fully saturated rings. The number of H-pyrrole nitrogens is 1. The summed E-state index contributed by atoms with van der Waals surface area (Å²) in [5, 5.41) is 6.64. The smallest absolute Gasteiger partial charge is 0.328 e. The molecule has 2 aromatic heterocycles. The maximum atomic E-state index is 12.0. The minimum absolute atomic E-state index is 0.107. The van der Waals surface area contributed by atoms with Crippen molar-refractivity contribution in [2.45, 2.75) is 58.0 Å². The van der Waals surface area contributed by atoms with Gasteiger partial charge in [-0.15, -0.1) is 0 Å². The first-order valence-electron chi connectivity index (χ1n) is 8.42. The molecular formula is C16H21N5O4. The van der Waals surface area contributed by atoms with E-state index >= 15 is 0 Å². The van der Waals surface area contributed by atoms with Gasteiger partial charge >= 0.3 is 5.69 Å². The largest absolute Gasteiger partial charge is 0.345 e. The van der Waals surface area contributed by atoms with Crippen molar-refractivity contribution >= 4 is 5.91 Å². The van der Waals surface area contributed by atoms with E-state index in [1.54, 1.807) is 6.92 Å². The molecule has 1 amide bonds. The summed E-state index contributed by atoms with van der Waals surface area (Å²) in [4.78, 5) is 41.5. The predicted molar refractivity (Wildman–Crippen MR) is 88.0 cm³/mol. The van der Waals surface area contributed by atoms with Gasteiger partial charge in [0.2, 0.25) is 11.8 Å². The van der Waals surface area contributed by atoms with Crippen LogP contribution in [0.3, 0.4) is 0 Å². The number of hydrogen-bond donors (Lipinski definition) is 2. The van der Waals surface area contributed by atoms with E-state index in [1.165, 1.54) is 25.5 Å². The van der Waals surface area contributed by atoms with E-state index in [2.05, 4.69) is 20.4 Å². The van der Waals surface area contributed by atoms with Gasteiger partial charge in [-0.2, -0.15) is 4.98 Å². The SMILES string of the molecule is Cc1cn(CC(=O)NCc2nc(C3CCCCC3)no2)c(=O)[nH]c1=O. The van der Waals surface area contributed by atoms with Gasteiger partial charge in [-0.25, -0.2) is 4.79 Å². The average Bonchev–Trinajstić information content (AvgIpc) is 3.08. The molecule has 3 rings (SSSR count). The number of nitrogens with zero attached hydrogens (tertiary/aromatic N) is 3. The fourth-order valence-corrected chi connectivity index (χ4v) is 2.99. The lowest BCUT2D eigenvalue weighted by atomic mass is 9.89. The molecule has 9 heteroatoms. The van der Waals surface area contributed by atoms with Gasteiger partial charge in [-0.05, 0) is 19.8 Å². The van der Waals surface area contributed by atoms with Gasteiger partial charge < -0.3 is 9.84 Å². The van der Waals surface area contributed by atoms with Crippen molar-refractivity contribution in [2.75, 3.05) is 0 Å². The highest BCUT2D eigenvalue weighted by atomic mass is 16.5. The molecule has 134 valence electrons. The molecular weight excluding hydrogens is 326 g/mol. The van der Waals surface area contributed by atoms with Crippen LogP contribution in [0.5, 0.6) is 0 Å². The molecule has 25 heavy (non-hydrogen) atoms. The van der Waals surface area contributed by atoms with Crippen LogP contribution >= 0.6 is 0 Å². The van der Waals surface area contributed by atoms with E-state index in [0.29, 0.717) is 23.2 Å². The Morgan fingerprint density at radius 1 is 1.36 bits per heavy atom. The second kappa shape index (κ2) is 7.45. The highest BCUT2D eigenvalue weighted by Gasteiger charge is 2.21. The number of carbonyl (C=O) groups is 1. The Morgan fingerprint density at radius 2 is 2.12 bits per heavy atom. The van der Waals surface area contributed by atoms with Crippen molar-refractivity contribution in [3.63, 3.8) is 0 Å². The van der Waals surface area contributed by atoms with E-state index in [-0.39, 0.29) is 19.0 Å². The second-order valence-corrected chi connectivity index (χ2v) is 6.36. The Hall–Kier alpha value is -2.71. The third kappa shape index (κ3) is 4.23. The summed E-state index contributed by atoms with van der Waals surface area (Å²) in [7, 11) is 0. The quantitative estimate of drug-likeness (QED) is 0.816. The summed E-state index contributed by atoms with van der Waals surface area (Å²) in [6.45, 7) is 1.48. The van der Waals surface area contributed by atoms with E-state index in [1.807, 2.05) is 0 Å². The summed E-state index contributed by atoms with van der Waals surface area (Å²) in [5.41, 5.74) is -0.715. The van der Waals surface area contributed by atoms with E-state index in [9.17, 15) is 14.4 Å².